The highest BCUT2D eigenvalue weighted by Gasteiger charge is 2.17. The van der Waals surface area contributed by atoms with Gasteiger partial charge in [0.1, 0.15) is 0 Å². The van der Waals surface area contributed by atoms with Crippen LogP contribution in [0.2, 0.25) is 0 Å². The van der Waals surface area contributed by atoms with Gasteiger partial charge in [0.05, 0.1) is 12.4 Å². The lowest BCUT2D eigenvalue weighted by Crippen LogP contribution is -2.28. The summed E-state index contributed by atoms with van der Waals surface area (Å²) in [6.45, 7) is 0.508. The van der Waals surface area contributed by atoms with E-state index in [0.29, 0.717) is 18.9 Å². The fourth-order valence-corrected chi connectivity index (χ4v) is 3.35. The monoisotopic (exact) mass is 271 g/mol. The number of thioether (sulfide) groups is 1. The summed E-state index contributed by atoms with van der Waals surface area (Å²) >= 11 is 1.94. The smallest absolute Gasteiger partial charge is 0.228 e. The summed E-state index contributed by atoms with van der Waals surface area (Å²) in [5, 5.41) is 4.77. The second kappa shape index (κ2) is 7.11. The van der Waals surface area contributed by atoms with E-state index < -0.39 is 0 Å². The molecule has 2 rings (SSSR count). The molecular weight excluding hydrogens is 250 g/mol. The summed E-state index contributed by atoms with van der Waals surface area (Å²) < 4.78 is 10.2. The van der Waals surface area contributed by atoms with Crippen LogP contribution in [0.4, 0.5) is 0 Å². The molecule has 1 aliphatic carbocycles. The molecule has 0 bridgehead atoms. The van der Waals surface area contributed by atoms with E-state index in [2.05, 4.69) is 10.1 Å². The average molecular weight is 271 g/mol. The van der Waals surface area contributed by atoms with Gasteiger partial charge in [-0.1, -0.05) is 18.0 Å². The molecule has 1 aliphatic rings. The minimum absolute atomic E-state index is 0.0780. The second-order valence-electron chi connectivity index (χ2n) is 4.74. The summed E-state index contributed by atoms with van der Waals surface area (Å²) in [5.41, 5.74) is 5.84. The van der Waals surface area contributed by atoms with Crippen LogP contribution >= 0.6 is 11.8 Å². The summed E-state index contributed by atoms with van der Waals surface area (Å²) in [7, 11) is 1.64. The first-order valence-corrected chi connectivity index (χ1v) is 7.50. The molecule has 1 heterocycles. The molecule has 102 valence electrons. The maximum atomic E-state index is 5.84. The molecule has 1 unspecified atom stereocenters. The standard InChI is InChI=1S/C12H21N3O2S/c1-16-7-9(13)6-12-14-11(15-17-12)8-18-10-4-2-3-5-10/h9-10H,2-8,13H2,1H3. The number of nitrogens with two attached hydrogens (primary N) is 1. The van der Waals surface area contributed by atoms with Crippen molar-refractivity contribution < 1.29 is 9.26 Å². The molecule has 0 radical (unpaired) electrons. The lowest BCUT2D eigenvalue weighted by molar-refractivity contribution is 0.176. The van der Waals surface area contributed by atoms with Crippen molar-refractivity contribution in [1.82, 2.24) is 10.1 Å². The van der Waals surface area contributed by atoms with Gasteiger partial charge in [0, 0.05) is 24.8 Å². The van der Waals surface area contributed by atoms with Crippen molar-refractivity contribution in [2.45, 2.75) is 49.1 Å². The van der Waals surface area contributed by atoms with E-state index in [4.69, 9.17) is 15.0 Å². The molecule has 2 N–H and O–H groups in total. The molecule has 1 aromatic heterocycles. The quantitative estimate of drug-likeness (QED) is 0.814. The van der Waals surface area contributed by atoms with Crippen molar-refractivity contribution in [3.8, 4) is 0 Å². The Bertz CT molecular complexity index is 353. The van der Waals surface area contributed by atoms with E-state index in [9.17, 15) is 0 Å². The van der Waals surface area contributed by atoms with Crippen LogP contribution in [0.5, 0.6) is 0 Å². The first-order valence-electron chi connectivity index (χ1n) is 6.45. The van der Waals surface area contributed by atoms with Crippen LogP contribution in [0.15, 0.2) is 4.52 Å². The highest BCUT2D eigenvalue weighted by atomic mass is 32.2. The van der Waals surface area contributed by atoms with Gasteiger partial charge in [0.25, 0.3) is 0 Å². The fourth-order valence-electron chi connectivity index (χ4n) is 2.18. The summed E-state index contributed by atoms with van der Waals surface area (Å²) in [6, 6.07) is -0.0780. The van der Waals surface area contributed by atoms with E-state index in [0.717, 1.165) is 16.8 Å². The number of aromatic nitrogens is 2. The fraction of sp³-hybridized carbons (Fsp3) is 0.833. The third-order valence-electron chi connectivity index (χ3n) is 3.08. The van der Waals surface area contributed by atoms with E-state index in [-0.39, 0.29) is 6.04 Å². The molecule has 6 heteroatoms. The van der Waals surface area contributed by atoms with Crippen molar-refractivity contribution in [3.63, 3.8) is 0 Å². The molecule has 0 saturated heterocycles. The lowest BCUT2D eigenvalue weighted by Gasteiger charge is -2.06. The summed E-state index contributed by atoms with van der Waals surface area (Å²) in [4.78, 5) is 4.36. The zero-order valence-corrected chi connectivity index (χ0v) is 11.6. The van der Waals surface area contributed by atoms with Crippen LogP contribution < -0.4 is 5.73 Å². The lowest BCUT2D eigenvalue weighted by atomic mass is 10.2. The van der Waals surface area contributed by atoms with E-state index in [1.165, 1.54) is 25.7 Å². The Kier molecular flexibility index (Phi) is 5.46. The van der Waals surface area contributed by atoms with Crippen molar-refractivity contribution >= 4 is 11.8 Å². The second-order valence-corrected chi connectivity index (χ2v) is 6.03. The van der Waals surface area contributed by atoms with Gasteiger partial charge in [-0.2, -0.15) is 16.7 Å². The van der Waals surface area contributed by atoms with Crippen LogP contribution in [0.3, 0.4) is 0 Å². The molecule has 0 aliphatic heterocycles. The molecule has 1 aromatic rings. The van der Waals surface area contributed by atoms with Crippen LogP contribution in [-0.4, -0.2) is 35.1 Å². The Labute approximate surface area is 112 Å². The van der Waals surface area contributed by atoms with Gasteiger partial charge < -0.3 is 15.0 Å². The maximum absolute atomic E-state index is 5.84. The third-order valence-corrected chi connectivity index (χ3v) is 4.45. The highest BCUT2D eigenvalue weighted by molar-refractivity contribution is 7.99. The Morgan fingerprint density at radius 2 is 2.28 bits per heavy atom. The molecular formula is C12H21N3O2S. The third kappa shape index (κ3) is 4.26. The van der Waals surface area contributed by atoms with Crippen LogP contribution in [0, 0.1) is 0 Å². The molecule has 0 spiro atoms. The molecule has 0 aromatic carbocycles. The Hall–Kier alpha value is -0.590. The number of nitrogens with zero attached hydrogens (tertiary/aromatic N) is 2. The van der Waals surface area contributed by atoms with Gasteiger partial charge in [0.2, 0.25) is 5.89 Å². The molecule has 1 saturated carbocycles. The van der Waals surface area contributed by atoms with Gasteiger partial charge in [-0.3, -0.25) is 0 Å². The Morgan fingerprint density at radius 3 is 3.00 bits per heavy atom. The summed E-state index contributed by atoms with van der Waals surface area (Å²) in [5.74, 6) is 2.24. The van der Waals surface area contributed by atoms with Crippen molar-refractivity contribution in [2.75, 3.05) is 13.7 Å². The van der Waals surface area contributed by atoms with Crippen molar-refractivity contribution in [3.05, 3.63) is 11.7 Å². The van der Waals surface area contributed by atoms with Crippen LogP contribution in [0.25, 0.3) is 0 Å². The zero-order valence-electron chi connectivity index (χ0n) is 10.8. The number of methoxy groups -OCH3 is 1. The molecule has 1 atom stereocenters. The number of rotatable bonds is 7. The van der Waals surface area contributed by atoms with E-state index >= 15 is 0 Å². The zero-order chi connectivity index (χ0) is 12.8. The number of hydrogen-bond acceptors (Lipinski definition) is 6. The van der Waals surface area contributed by atoms with Gasteiger partial charge in [-0.15, -0.1) is 0 Å². The maximum Gasteiger partial charge on any atom is 0.228 e. The van der Waals surface area contributed by atoms with Crippen molar-refractivity contribution in [2.24, 2.45) is 5.73 Å². The SMILES string of the molecule is COCC(N)Cc1nc(CSC2CCCC2)no1. The van der Waals surface area contributed by atoms with Gasteiger partial charge >= 0.3 is 0 Å². The number of ether oxygens (including phenoxy) is 1. The van der Waals surface area contributed by atoms with Gasteiger partial charge in [0.15, 0.2) is 5.82 Å². The predicted molar refractivity (Wildman–Crippen MR) is 71.4 cm³/mol. The molecule has 1 fully saturated rings. The molecule has 18 heavy (non-hydrogen) atoms. The predicted octanol–water partition coefficient (Wildman–Crippen LogP) is 1.76. The van der Waals surface area contributed by atoms with E-state index in [1.54, 1.807) is 7.11 Å². The van der Waals surface area contributed by atoms with Gasteiger partial charge in [-0.05, 0) is 12.8 Å². The normalized spacial score (nSPS) is 18.3. The Balaban J connectivity index is 1.74. The average Bonchev–Trinajstić information content (AvgIpc) is 2.97. The first kappa shape index (κ1) is 13.8. The van der Waals surface area contributed by atoms with Crippen LogP contribution in [-0.2, 0) is 16.9 Å². The highest BCUT2D eigenvalue weighted by Crippen LogP contribution is 2.30. The summed E-state index contributed by atoms with van der Waals surface area (Å²) in [6.07, 6.45) is 5.96. The first-order chi connectivity index (χ1) is 8.78. The Morgan fingerprint density at radius 1 is 1.50 bits per heavy atom. The van der Waals surface area contributed by atoms with E-state index in [1.807, 2.05) is 11.8 Å². The van der Waals surface area contributed by atoms with Crippen molar-refractivity contribution in [1.29, 1.82) is 0 Å². The number of hydrogen-bond donors (Lipinski definition) is 1. The minimum Gasteiger partial charge on any atom is -0.383 e. The topological polar surface area (TPSA) is 74.2 Å². The molecule has 0 amide bonds. The van der Waals surface area contributed by atoms with Crippen LogP contribution in [0.1, 0.15) is 37.4 Å². The largest absolute Gasteiger partial charge is 0.383 e. The minimum atomic E-state index is -0.0780. The van der Waals surface area contributed by atoms with Gasteiger partial charge in [-0.25, -0.2) is 0 Å². The molecule has 5 nitrogen and oxygen atoms in total.